The van der Waals surface area contributed by atoms with Crippen LogP contribution < -0.4 is 4.74 Å². The van der Waals surface area contributed by atoms with E-state index in [0.29, 0.717) is 11.4 Å². The van der Waals surface area contributed by atoms with Gasteiger partial charge >= 0.3 is 6.16 Å². The van der Waals surface area contributed by atoms with Gasteiger partial charge in [0.05, 0.1) is 11.4 Å². The number of carbonyl (C=O) groups is 1. The van der Waals surface area contributed by atoms with E-state index in [1.165, 1.54) is 0 Å². The molecule has 1 aromatic heterocycles. The summed E-state index contributed by atoms with van der Waals surface area (Å²) in [5.41, 5.74) is 3.01. The summed E-state index contributed by atoms with van der Waals surface area (Å²) < 4.78 is 6.76. The van der Waals surface area contributed by atoms with Gasteiger partial charge in [-0.3, -0.25) is 0 Å². The lowest BCUT2D eigenvalue weighted by Gasteiger charge is -2.09. The first kappa shape index (κ1) is 16.7. The smallest absolute Gasteiger partial charge is 0.449 e. The molecule has 0 aliphatic heterocycles. The number of hydrogen-bond donors (Lipinski definition) is 1. The van der Waals surface area contributed by atoms with Crippen molar-refractivity contribution in [3.05, 3.63) is 69.6 Å². The third-order valence-electron chi connectivity index (χ3n) is 3.28. The van der Waals surface area contributed by atoms with Crippen molar-refractivity contribution in [2.45, 2.75) is 0 Å². The second-order valence-corrected chi connectivity index (χ2v) is 6.79. The van der Waals surface area contributed by atoms with Crippen molar-refractivity contribution in [3.63, 3.8) is 0 Å². The van der Waals surface area contributed by atoms with Crippen LogP contribution in [0.3, 0.4) is 0 Å². The molecule has 0 saturated heterocycles. The average molecular weight is 449 g/mol. The summed E-state index contributed by atoms with van der Waals surface area (Å²) in [6.45, 7) is 0. The Morgan fingerprint density at radius 2 is 1.25 bits per heavy atom. The largest absolute Gasteiger partial charge is 0.511 e. The standard InChI is InChI=1S/C18H11Br2NO3/c19-13-5-1-11(2-6-13)16-9-15(24-18(22)23)10-17(21-16)12-3-7-14(20)8-4-12/h1-10H,(H,22,23). The second-order valence-electron chi connectivity index (χ2n) is 4.96. The van der Waals surface area contributed by atoms with Crippen molar-refractivity contribution in [2.24, 2.45) is 0 Å². The summed E-state index contributed by atoms with van der Waals surface area (Å²) in [4.78, 5) is 15.5. The number of ether oxygens (including phenoxy) is 1. The van der Waals surface area contributed by atoms with Crippen molar-refractivity contribution in [3.8, 4) is 28.3 Å². The minimum absolute atomic E-state index is 0.230. The van der Waals surface area contributed by atoms with E-state index in [1.54, 1.807) is 12.1 Å². The maximum absolute atomic E-state index is 10.9. The van der Waals surface area contributed by atoms with Crippen LogP contribution in [0.25, 0.3) is 22.5 Å². The second kappa shape index (κ2) is 7.15. The number of pyridine rings is 1. The summed E-state index contributed by atoms with van der Waals surface area (Å²) in [5, 5.41) is 8.91. The molecule has 0 radical (unpaired) electrons. The predicted octanol–water partition coefficient (Wildman–Crippen LogP) is 6.00. The zero-order chi connectivity index (χ0) is 17.1. The van der Waals surface area contributed by atoms with Gasteiger partial charge in [0.1, 0.15) is 5.75 Å². The molecule has 0 spiro atoms. The lowest BCUT2D eigenvalue weighted by atomic mass is 10.1. The lowest BCUT2D eigenvalue weighted by molar-refractivity contribution is 0.144. The molecule has 0 unspecified atom stereocenters. The molecule has 0 saturated carbocycles. The summed E-state index contributed by atoms with van der Waals surface area (Å²) >= 11 is 6.79. The van der Waals surface area contributed by atoms with Crippen LogP contribution >= 0.6 is 31.9 Å². The van der Waals surface area contributed by atoms with Crippen LogP contribution in [0.15, 0.2) is 69.6 Å². The minimum atomic E-state index is -1.36. The summed E-state index contributed by atoms with van der Waals surface area (Å²) in [7, 11) is 0. The molecule has 120 valence electrons. The van der Waals surface area contributed by atoms with Crippen molar-refractivity contribution >= 4 is 38.0 Å². The molecule has 1 heterocycles. The van der Waals surface area contributed by atoms with E-state index >= 15 is 0 Å². The van der Waals surface area contributed by atoms with Gasteiger partial charge in [0, 0.05) is 32.2 Å². The van der Waals surface area contributed by atoms with Crippen LogP contribution in [0.2, 0.25) is 0 Å². The molecule has 6 heteroatoms. The third-order valence-corrected chi connectivity index (χ3v) is 4.34. The third kappa shape index (κ3) is 4.01. The van der Waals surface area contributed by atoms with Gasteiger partial charge in [0.15, 0.2) is 0 Å². The van der Waals surface area contributed by atoms with Crippen LogP contribution in [-0.4, -0.2) is 16.2 Å². The monoisotopic (exact) mass is 447 g/mol. The van der Waals surface area contributed by atoms with E-state index in [1.807, 2.05) is 48.5 Å². The summed E-state index contributed by atoms with van der Waals surface area (Å²) in [6, 6.07) is 18.5. The highest BCUT2D eigenvalue weighted by Crippen LogP contribution is 2.29. The highest BCUT2D eigenvalue weighted by molar-refractivity contribution is 9.10. The van der Waals surface area contributed by atoms with Crippen molar-refractivity contribution < 1.29 is 14.6 Å². The number of rotatable bonds is 3. The molecule has 0 aliphatic carbocycles. The van der Waals surface area contributed by atoms with Gasteiger partial charge in [0.2, 0.25) is 0 Å². The fraction of sp³-hybridized carbons (Fsp3) is 0. The zero-order valence-electron chi connectivity index (χ0n) is 12.2. The topological polar surface area (TPSA) is 59.4 Å². The van der Waals surface area contributed by atoms with Crippen LogP contribution in [-0.2, 0) is 0 Å². The van der Waals surface area contributed by atoms with E-state index in [-0.39, 0.29) is 5.75 Å². The molecular formula is C18H11Br2NO3. The molecule has 24 heavy (non-hydrogen) atoms. The Hall–Kier alpha value is -2.18. The van der Waals surface area contributed by atoms with E-state index in [2.05, 4.69) is 36.8 Å². The molecule has 4 nitrogen and oxygen atoms in total. The molecular weight excluding hydrogens is 438 g/mol. The van der Waals surface area contributed by atoms with E-state index in [9.17, 15) is 4.79 Å². The fourth-order valence-corrected chi connectivity index (χ4v) is 2.73. The molecule has 0 amide bonds. The Kier molecular flexibility index (Phi) is 4.97. The highest BCUT2D eigenvalue weighted by atomic mass is 79.9. The number of nitrogens with zero attached hydrogens (tertiary/aromatic N) is 1. The first-order valence-electron chi connectivity index (χ1n) is 6.96. The minimum Gasteiger partial charge on any atom is -0.449 e. The van der Waals surface area contributed by atoms with E-state index < -0.39 is 6.16 Å². The van der Waals surface area contributed by atoms with Crippen molar-refractivity contribution in [1.29, 1.82) is 0 Å². The first-order chi connectivity index (χ1) is 11.5. The average Bonchev–Trinajstić information content (AvgIpc) is 2.55. The maximum Gasteiger partial charge on any atom is 0.511 e. The Balaban J connectivity index is 2.11. The van der Waals surface area contributed by atoms with Gasteiger partial charge in [-0.2, -0.15) is 0 Å². The van der Waals surface area contributed by atoms with Gasteiger partial charge in [-0.15, -0.1) is 0 Å². The normalized spacial score (nSPS) is 10.4. The van der Waals surface area contributed by atoms with E-state index in [0.717, 1.165) is 20.1 Å². The van der Waals surface area contributed by atoms with Crippen LogP contribution in [0, 0.1) is 0 Å². The Bertz CT molecular complexity index is 814. The Morgan fingerprint density at radius 3 is 1.62 bits per heavy atom. The van der Waals surface area contributed by atoms with Gasteiger partial charge in [-0.1, -0.05) is 56.1 Å². The molecule has 0 aliphatic rings. The highest BCUT2D eigenvalue weighted by Gasteiger charge is 2.10. The molecule has 0 bridgehead atoms. The first-order valence-corrected chi connectivity index (χ1v) is 8.54. The quantitative estimate of drug-likeness (QED) is 0.499. The van der Waals surface area contributed by atoms with Crippen LogP contribution in [0.1, 0.15) is 0 Å². The van der Waals surface area contributed by atoms with Gasteiger partial charge in [-0.25, -0.2) is 9.78 Å². The summed E-state index contributed by atoms with van der Waals surface area (Å²) in [6.07, 6.45) is -1.36. The van der Waals surface area contributed by atoms with Crippen molar-refractivity contribution in [1.82, 2.24) is 4.98 Å². The summed E-state index contributed by atoms with van der Waals surface area (Å²) in [5.74, 6) is 0.230. The van der Waals surface area contributed by atoms with E-state index in [4.69, 9.17) is 9.84 Å². The van der Waals surface area contributed by atoms with Gasteiger partial charge < -0.3 is 9.84 Å². The fourth-order valence-electron chi connectivity index (χ4n) is 2.20. The zero-order valence-corrected chi connectivity index (χ0v) is 15.4. The lowest BCUT2D eigenvalue weighted by Crippen LogP contribution is -2.04. The number of benzene rings is 2. The van der Waals surface area contributed by atoms with Gasteiger partial charge in [-0.05, 0) is 24.3 Å². The SMILES string of the molecule is O=C(O)Oc1cc(-c2ccc(Br)cc2)nc(-c2ccc(Br)cc2)c1. The van der Waals surface area contributed by atoms with Crippen LogP contribution in [0.4, 0.5) is 4.79 Å². The van der Waals surface area contributed by atoms with Crippen LogP contribution in [0.5, 0.6) is 5.75 Å². The maximum atomic E-state index is 10.9. The molecule has 3 rings (SSSR count). The number of aromatic nitrogens is 1. The predicted molar refractivity (Wildman–Crippen MR) is 99.2 cm³/mol. The van der Waals surface area contributed by atoms with Gasteiger partial charge in [0.25, 0.3) is 0 Å². The molecule has 2 aromatic carbocycles. The van der Waals surface area contributed by atoms with Crippen molar-refractivity contribution in [2.75, 3.05) is 0 Å². The molecule has 1 N–H and O–H groups in total. The molecule has 3 aromatic rings. The Morgan fingerprint density at radius 1 is 0.833 bits per heavy atom. The number of carboxylic acid groups (broad SMARTS) is 1. The Labute approximate surface area is 155 Å². The molecule has 0 atom stereocenters. The molecule has 0 fully saturated rings. The number of hydrogen-bond acceptors (Lipinski definition) is 3. The number of halogens is 2.